The zero-order valence-electron chi connectivity index (χ0n) is 10.2. The van der Waals surface area contributed by atoms with E-state index in [1.54, 1.807) is 23.5 Å². The first-order chi connectivity index (χ1) is 9.74. The molecule has 0 spiro atoms. The molecule has 2 nitrogen and oxygen atoms in total. The molecule has 5 heteroatoms. The van der Waals surface area contributed by atoms with Crippen LogP contribution in [0.1, 0.15) is 0 Å². The summed E-state index contributed by atoms with van der Waals surface area (Å²) in [4.78, 5) is 5.59. The summed E-state index contributed by atoms with van der Waals surface area (Å²) in [5.41, 5.74) is 2.86. The fraction of sp³-hybridized carbons (Fsp3) is 0. The molecule has 0 bridgehead atoms. The van der Waals surface area contributed by atoms with Crippen molar-refractivity contribution >= 4 is 42.4 Å². The van der Waals surface area contributed by atoms with Crippen molar-refractivity contribution in [2.24, 2.45) is 0 Å². The van der Waals surface area contributed by atoms with Gasteiger partial charge in [-0.2, -0.15) is 0 Å². The van der Waals surface area contributed by atoms with Crippen molar-refractivity contribution in [3.63, 3.8) is 0 Å². The van der Waals surface area contributed by atoms with E-state index in [2.05, 4.69) is 37.4 Å². The van der Waals surface area contributed by atoms with Crippen LogP contribution >= 0.6 is 27.3 Å². The number of halogens is 2. The van der Waals surface area contributed by atoms with Crippen molar-refractivity contribution in [3.05, 3.63) is 59.0 Å². The summed E-state index contributed by atoms with van der Waals surface area (Å²) in [5.74, 6) is -0.239. The molecular formula is C15H8BrFN2S. The molecule has 0 aliphatic heterocycles. The van der Waals surface area contributed by atoms with E-state index in [4.69, 9.17) is 0 Å². The number of imidazole rings is 1. The van der Waals surface area contributed by atoms with Gasteiger partial charge in [-0.1, -0.05) is 23.5 Å². The maximum atomic E-state index is 13.0. The SMILES string of the molecule is Fc1ccc(-c2nc3sc4ccccc4n3c2Br)cc1. The monoisotopic (exact) mass is 346 g/mol. The van der Waals surface area contributed by atoms with E-state index in [9.17, 15) is 4.39 Å². The molecule has 0 aliphatic carbocycles. The van der Waals surface area contributed by atoms with Gasteiger partial charge >= 0.3 is 0 Å². The van der Waals surface area contributed by atoms with Crippen molar-refractivity contribution in [1.82, 2.24) is 9.38 Å². The van der Waals surface area contributed by atoms with Gasteiger partial charge in [0.2, 0.25) is 0 Å². The van der Waals surface area contributed by atoms with Crippen molar-refractivity contribution in [2.75, 3.05) is 0 Å². The van der Waals surface area contributed by atoms with Crippen LogP contribution in [0, 0.1) is 5.82 Å². The van der Waals surface area contributed by atoms with Crippen molar-refractivity contribution < 1.29 is 4.39 Å². The van der Waals surface area contributed by atoms with Gasteiger partial charge < -0.3 is 0 Å². The fourth-order valence-electron chi connectivity index (χ4n) is 2.28. The Hall–Kier alpha value is -1.72. The molecule has 0 saturated carbocycles. The van der Waals surface area contributed by atoms with Gasteiger partial charge in [-0.3, -0.25) is 4.40 Å². The molecule has 0 saturated heterocycles. The second-order valence-corrected chi connectivity index (χ2v) is 6.21. The van der Waals surface area contributed by atoms with Gasteiger partial charge in [0.25, 0.3) is 0 Å². The normalized spacial score (nSPS) is 11.5. The lowest BCUT2D eigenvalue weighted by Crippen LogP contribution is -1.82. The summed E-state index contributed by atoms with van der Waals surface area (Å²) in [5, 5.41) is 0. The molecule has 98 valence electrons. The van der Waals surface area contributed by atoms with E-state index in [0.717, 1.165) is 26.3 Å². The summed E-state index contributed by atoms with van der Waals surface area (Å²) in [6, 6.07) is 14.6. The van der Waals surface area contributed by atoms with Crippen LogP contribution in [0.4, 0.5) is 4.39 Å². The molecule has 4 aromatic rings. The molecule has 0 atom stereocenters. The Labute approximate surface area is 126 Å². The first-order valence-electron chi connectivity index (χ1n) is 6.05. The van der Waals surface area contributed by atoms with E-state index in [-0.39, 0.29) is 5.82 Å². The van der Waals surface area contributed by atoms with Crippen molar-refractivity contribution in [3.8, 4) is 11.3 Å². The average molecular weight is 347 g/mol. The lowest BCUT2D eigenvalue weighted by molar-refractivity contribution is 0.628. The van der Waals surface area contributed by atoms with E-state index in [0.29, 0.717) is 0 Å². The fourth-order valence-corrected chi connectivity index (χ4v) is 4.10. The topological polar surface area (TPSA) is 17.3 Å². The predicted octanol–water partition coefficient (Wildman–Crippen LogP) is 5.12. The first-order valence-corrected chi connectivity index (χ1v) is 7.66. The Bertz CT molecular complexity index is 924. The molecule has 2 aromatic heterocycles. The number of para-hydroxylation sites is 1. The Morgan fingerprint density at radius 3 is 2.60 bits per heavy atom. The Kier molecular flexibility index (Phi) is 2.65. The maximum absolute atomic E-state index is 13.0. The van der Waals surface area contributed by atoms with Crippen LogP contribution in [0.5, 0.6) is 0 Å². The quantitative estimate of drug-likeness (QED) is 0.467. The molecule has 0 aliphatic rings. The second kappa shape index (κ2) is 4.40. The number of rotatable bonds is 1. The van der Waals surface area contributed by atoms with E-state index in [1.165, 1.54) is 16.8 Å². The molecule has 2 heterocycles. The molecule has 20 heavy (non-hydrogen) atoms. The van der Waals surface area contributed by atoms with Crippen LogP contribution in [-0.4, -0.2) is 9.38 Å². The van der Waals surface area contributed by atoms with Gasteiger partial charge in [0.15, 0.2) is 4.96 Å². The minimum Gasteiger partial charge on any atom is -0.277 e. The highest BCUT2D eigenvalue weighted by Crippen LogP contribution is 2.35. The maximum Gasteiger partial charge on any atom is 0.196 e. The van der Waals surface area contributed by atoms with Gasteiger partial charge in [-0.25, -0.2) is 9.37 Å². The molecule has 4 rings (SSSR count). The molecule has 2 aromatic carbocycles. The van der Waals surface area contributed by atoms with Gasteiger partial charge in [-0.15, -0.1) is 0 Å². The summed E-state index contributed by atoms with van der Waals surface area (Å²) in [6.45, 7) is 0. The van der Waals surface area contributed by atoms with Crippen LogP contribution in [0.3, 0.4) is 0 Å². The van der Waals surface area contributed by atoms with Crippen LogP contribution < -0.4 is 0 Å². The number of hydrogen-bond acceptors (Lipinski definition) is 2. The highest BCUT2D eigenvalue weighted by atomic mass is 79.9. The summed E-state index contributed by atoms with van der Waals surface area (Å²) < 4.78 is 17.2. The van der Waals surface area contributed by atoms with E-state index in [1.807, 2.05) is 12.1 Å². The van der Waals surface area contributed by atoms with Crippen LogP contribution in [0.15, 0.2) is 53.1 Å². The van der Waals surface area contributed by atoms with E-state index < -0.39 is 0 Å². The third-order valence-electron chi connectivity index (χ3n) is 3.22. The highest BCUT2D eigenvalue weighted by Gasteiger charge is 2.15. The number of benzene rings is 2. The average Bonchev–Trinajstić information content (AvgIpc) is 2.97. The second-order valence-electron chi connectivity index (χ2n) is 4.45. The predicted molar refractivity (Wildman–Crippen MR) is 83.7 cm³/mol. The summed E-state index contributed by atoms with van der Waals surface area (Å²) in [7, 11) is 0. The smallest absolute Gasteiger partial charge is 0.196 e. The number of nitrogens with zero attached hydrogens (tertiary/aromatic N) is 2. The lowest BCUT2D eigenvalue weighted by atomic mass is 10.2. The van der Waals surface area contributed by atoms with Crippen LogP contribution in [0.25, 0.3) is 26.4 Å². The number of aromatic nitrogens is 2. The first kappa shape index (κ1) is 12.1. The van der Waals surface area contributed by atoms with Crippen molar-refractivity contribution in [1.29, 1.82) is 0 Å². The molecule has 0 unspecified atom stereocenters. The standard InChI is InChI=1S/C15H8BrFN2S/c16-14-13(9-5-7-10(17)8-6-9)18-15-19(14)11-3-1-2-4-12(11)20-15/h1-8H. The lowest BCUT2D eigenvalue weighted by Gasteiger charge is -1.98. The van der Waals surface area contributed by atoms with Gasteiger partial charge in [0.1, 0.15) is 16.1 Å². The Morgan fingerprint density at radius 1 is 1.05 bits per heavy atom. The molecule has 0 amide bonds. The minimum atomic E-state index is -0.239. The molecule has 0 fully saturated rings. The molecule has 0 N–H and O–H groups in total. The largest absolute Gasteiger partial charge is 0.277 e. The molecular weight excluding hydrogens is 339 g/mol. The summed E-state index contributed by atoms with van der Waals surface area (Å²) >= 11 is 5.26. The third kappa shape index (κ3) is 1.70. The molecule has 0 radical (unpaired) electrons. The van der Waals surface area contributed by atoms with Gasteiger partial charge in [0, 0.05) is 5.56 Å². The Morgan fingerprint density at radius 2 is 1.80 bits per heavy atom. The zero-order valence-corrected chi connectivity index (χ0v) is 12.6. The number of fused-ring (bicyclic) bond motifs is 3. The number of thiazole rings is 1. The minimum absolute atomic E-state index is 0.239. The number of hydrogen-bond donors (Lipinski definition) is 0. The van der Waals surface area contributed by atoms with Crippen LogP contribution in [-0.2, 0) is 0 Å². The Balaban J connectivity index is 2.02. The highest BCUT2D eigenvalue weighted by molar-refractivity contribution is 9.10. The van der Waals surface area contributed by atoms with Gasteiger partial charge in [-0.05, 0) is 52.3 Å². The van der Waals surface area contributed by atoms with Crippen molar-refractivity contribution in [2.45, 2.75) is 0 Å². The van der Waals surface area contributed by atoms with E-state index >= 15 is 0 Å². The third-order valence-corrected chi connectivity index (χ3v) is 4.97. The van der Waals surface area contributed by atoms with Gasteiger partial charge in [0.05, 0.1) is 10.2 Å². The summed E-state index contributed by atoms with van der Waals surface area (Å²) in [6.07, 6.45) is 0. The van der Waals surface area contributed by atoms with Crippen LogP contribution in [0.2, 0.25) is 0 Å². The zero-order chi connectivity index (χ0) is 13.7.